The highest BCUT2D eigenvalue weighted by molar-refractivity contribution is 7.80. The first-order chi connectivity index (χ1) is 8.58. The number of halogens is 2. The lowest BCUT2D eigenvalue weighted by Gasteiger charge is -2.25. The van der Waals surface area contributed by atoms with Crippen molar-refractivity contribution < 1.29 is 0 Å². The lowest BCUT2D eigenvalue weighted by molar-refractivity contribution is 0.423. The van der Waals surface area contributed by atoms with Gasteiger partial charge in [-0.15, -0.1) is 0 Å². The topological polar surface area (TPSA) is 15.3 Å². The van der Waals surface area contributed by atoms with Gasteiger partial charge in [0, 0.05) is 18.1 Å². The van der Waals surface area contributed by atoms with E-state index in [4.69, 9.17) is 35.4 Å². The van der Waals surface area contributed by atoms with Crippen LogP contribution in [0.5, 0.6) is 0 Å². The van der Waals surface area contributed by atoms with Gasteiger partial charge in [-0.3, -0.25) is 0 Å². The Morgan fingerprint density at radius 1 is 1.22 bits per heavy atom. The van der Waals surface area contributed by atoms with Crippen molar-refractivity contribution in [3.05, 3.63) is 28.2 Å². The van der Waals surface area contributed by atoms with E-state index >= 15 is 0 Å². The van der Waals surface area contributed by atoms with Gasteiger partial charge in [-0.05, 0) is 43.3 Å². The first kappa shape index (κ1) is 15.5. The lowest BCUT2D eigenvalue weighted by atomic mass is 10.3. The van der Waals surface area contributed by atoms with Gasteiger partial charge < -0.3 is 10.2 Å². The summed E-state index contributed by atoms with van der Waals surface area (Å²) in [5.41, 5.74) is 0.795. The Bertz CT molecular complexity index is 404. The number of benzene rings is 1. The molecule has 0 fully saturated rings. The van der Waals surface area contributed by atoms with Crippen molar-refractivity contribution in [2.24, 2.45) is 0 Å². The smallest absolute Gasteiger partial charge is 0.173 e. The van der Waals surface area contributed by atoms with Crippen LogP contribution in [0.4, 0.5) is 5.69 Å². The number of rotatable bonds is 5. The summed E-state index contributed by atoms with van der Waals surface area (Å²) in [5.74, 6) is 0. The van der Waals surface area contributed by atoms with Crippen LogP contribution in [0, 0.1) is 0 Å². The molecule has 0 bridgehead atoms. The Morgan fingerprint density at radius 3 is 2.33 bits per heavy atom. The predicted molar refractivity (Wildman–Crippen MR) is 84.8 cm³/mol. The van der Waals surface area contributed by atoms with Crippen LogP contribution < -0.4 is 5.32 Å². The summed E-state index contributed by atoms with van der Waals surface area (Å²) in [6, 6.07) is 5.34. The molecule has 0 aliphatic rings. The van der Waals surface area contributed by atoms with Crippen LogP contribution >= 0.6 is 35.4 Å². The monoisotopic (exact) mass is 304 g/mol. The first-order valence-electron chi connectivity index (χ1n) is 6.09. The quantitative estimate of drug-likeness (QED) is 0.786. The molecule has 0 heterocycles. The van der Waals surface area contributed by atoms with Crippen molar-refractivity contribution in [3.63, 3.8) is 0 Å². The number of hydrogen-bond donors (Lipinski definition) is 1. The molecule has 1 aromatic rings. The van der Waals surface area contributed by atoms with E-state index < -0.39 is 0 Å². The molecule has 1 aromatic carbocycles. The molecule has 2 nitrogen and oxygen atoms in total. The third-order valence-electron chi connectivity index (χ3n) is 2.45. The number of hydrogen-bond acceptors (Lipinski definition) is 1. The Labute approximate surface area is 124 Å². The number of nitrogens with zero attached hydrogens (tertiary/aromatic N) is 1. The van der Waals surface area contributed by atoms with Crippen LogP contribution in [0.3, 0.4) is 0 Å². The highest BCUT2D eigenvalue weighted by Crippen LogP contribution is 2.25. The van der Waals surface area contributed by atoms with E-state index in [-0.39, 0.29) is 0 Å². The first-order valence-corrected chi connectivity index (χ1v) is 7.25. The Morgan fingerprint density at radius 2 is 1.83 bits per heavy atom. The van der Waals surface area contributed by atoms with E-state index in [9.17, 15) is 0 Å². The second-order valence-electron chi connectivity index (χ2n) is 4.04. The van der Waals surface area contributed by atoms with Crippen LogP contribution in [0.2, 0.25) is 10.0 Å². The zero-order valence-corrected chi connectivity index (χ0v) is 13.0. The molecule has 100 valence electrons. The van der Waals surface area contributed by atoms with Crippen LogP contribution in [0.15, 0.2) is 18.2 Å². The minimum absolute atomic E-state index is 0.581. The van der Waals surface area contributed by atoms with E-state index in [0.717, 1.165) is 31.6 Å². The van der Waals surface area contributed by atoms with E-state index in [2.05, 4.69) is 24.1 Å². The van der Waals surface area contributed by atoms with E-state index in [1.165, 1.54) is 0 Å². The normalized spacial score (nSPS) is 10.2. The van der Waals surface area contributed by atoms with Crippen molar-refractivity contribution in [3.8, 4) is 0 Å². The molecule has 5 heteroatoms. The summed E-state index contributed by atoms with van der Waals surface area (Å²) in [5, 5.41) is 5.09. The standard InChI is InChI=1S/C13H18Cl2N2S/c1-3-7-17(8-4-2)13(18)16-12-6-5-10(14)9-11(12)15/h5-6,9H,3-4,7-8H2,1-2H3,(H,16,18). The molecule has 0 spiro atoms. The fourth-order valence-corrected chi connectivity index (χ4v) is 2.39. The third-order valence-corrected chi connectivity index (χ3v) is 3.36. The zero-order valence-electron chi connectivity index (χ0n) is 10.7. The van der Waals surface area contributed by atoms with Crippen molar-refractivity contribution >= 4 is 46.2 Å². The molecule has 0 atom stereocenters. The molecule has 0 aliphatic heterocycles. The number of nitrogens with one attached hydrogen (secondary N) is 1. The predicted octanol–water partition coefficient (Wildman–Crippen LogP) is 4.81. The molecule has 0 unspecified atom stereocenters. The highest BCUT2D eigenvalue weighted by atomic mass is 35.5. The van der Waals surface area contributed by atoms with Gasteiger partial charge in [-0.25, -0.2) is 0 Å². The second kappa shape index (κ2) is 7.82. The zero-order chi connectivity index (χ0) is 13.5. The van der Waals surface area contributed by atoms with Gasteiger partial charge in [0.25, 0.3) is 0 Å². The van der Waals surface area contributed by atoms with Crippen LogP contribution in [0.1, 0.15) is 26.7 Å². The summed E-state index contributed by atoms with van der Waals surface area (Å²) in [6.45, 7) is 6.18. The molecular formula is C13H18Cl2N2S. The van der Waals surface area contributed by atoms with Gasteiger partial charge in [-0.2, -0.15) is 0 Å². The third kappa shape index (κ3) is 4.63. The van der Waals surface area contributed by atoms with Gasteiger partial charge in [0.15, 0.2) is 5.11 Å². The lowest BCUT2D eigenvalue weighted by Crippen LogP contribution is -2.35. The van der Waals surface area contributed by atoms with Crippen LogP contribution in [-0.2, 0) is 0 Å². The van der Waals surface area contributed by atoms with Crippen molar-refractivity contribution in [2.75, 3.05) is 18.4 Å². The van der Waals surface area contributed by atoms with Gasteiger partial charge in [0.2, 0.25) is 0 Å². The molecule has 0 aromatic heterocycles. The molecular weight excluding hydrogens is 287 g/mol. The van der Waals surface area contributed by atoms with Crippen LogP contribution in [-0.4, -0.2) is 23.1 Å². The summed E-state index contributed by atoms with van der Waals surface area (Å²) < 4.78 is 0. The fourth-order valence-electron chi connectivity index (χ4n) is 1.64. The Kier molecular flexibility index (Phi) is 6.76. The molecule has 0 saturated carbocycles. The number of anilines is 1. The number of thiocarbonyl (C=S) groups is 1. The molecule has 1 N–H and O–H groups in total. The summed E-state index contributed by atoms with van der Waals surface area (Å²) in [7, 11) is 0. The Hall–Kier alpha value is -0.510. The molecule has 18 heavy (non-hydrogen) atoms. The average Bonchev–Trinajstić information content (AvgIpc) is 2.32. The van der Waals surface area contributed by atoms with E-state index in [1.54, 1.807) is 12.1 Å². The molecule has 0 amide bonds. The molecule has 1 rings (SSSR count). The summed E-state index contributed by atoms with van der Waals surface area (Å²) in [4.78, 5) is 2.15. The minimum atomic E-state index is 0.581. The fraction of sp³-hybridized carbons (Fsp3) is 0.462. The summed E-state index contributed by atoms with van der Waals surface area (Å²) in [6.07, 6.45) is 2.13. The molecule has 0 radical (unpaired) electrons. The van der Waals surface area contributed by atoms with Gasteiger partial charge in [0.05, 0.1) is 10.7 Å². The SMILES string of the molecule is CCCN(CCC)C(=S)Nc1ccc(Cl)cc1Cl. The molecule has 0 saturated heterocycles. The van der Waals surface area contributed by atoms with E-state index in [1.807, 2.05) is 6.07 Å². The van der Waals surface area contributed by atoms with Crippen molar-refractivity contribution in [2.45, 2.75) is 26.7 Å². The molecule has 0 aliphatic carbocycles. The Balaban J connectivity index is 2.72. The maximum atomic E-state index is 6.11. The van der Waals surface area contributed by atoms with Gasteiger partial charge in [0.1, 0.15) is 0 Å². The maximum absolute atomic E-state index is 6.11. The minimum Gasteiger partial charge on any atom is -0.349 e. The van der Waals surface area contributed by atoms with Crippen molar-refractivity contribution in [1.29, 1.82) is 0 Å². The van der Waals surface area contributed by atoms with Gasteiger partial charge >= 0.3 is 0 Å². The second-order valence-corrected chi connectivity index (χ2v) is 5.27. The van der Waals surface area contributed by atoms with Crippen LogP contribution in [0.25, 0.3) is 0 Å². The van der Waals surface area contributed by atoms with Gasteiger partial charge in [-0.1, -0.05) is 37.0 Å². The van der Waals surface area contributed by atoms with Crippen molar-refractivity contribution in [1.82, 2.24) is 4.90 Å². The summed E-state index contributed by atoms with van der Waals surface area (Å²) >= 11 is 17.4. The van der Waals surface area contributed by atoms with E-state index in [0.29, 0.717) is 15.2 Å². The largest absolute Gasteiger partial charge is 0.349 e. The highest BCUT2D eigenvalue weighted by Gasteiger charge is 2.09. The maximum Gasteiger partial charge on any atom is 0.173 e. The average molecular weight is 305 g/mol.